The summed E-state index contributed by atoms with van der Waals surface area (Å²) in [6.45, 7) is 0.314. The number of carboxylic acids is 1. The first-order valence-electron chi connectivity index (χ1n) is 22.2. The molecule has 30 nitrogen and oxygen atoms in total. The molecule has 79 heavy (non-hydrogen) atoms. The molecular weight excluding hydrogens is 1120 g/mol. The van der Waals surface area contributed by atoms with Gasteiger partial charge in [-0.15, -0.1) is 20.5 Å². The monoisotopic (exact) mass is 1160 g/mol. The fourth-order valence-corrected chi connectivity index (χ4v) is 8.74. The number of phenolic OH excluding ortho intramolecular Hbond substituents is 2. The summed E-state index contributed by atoms with van der Waals surface area (Å²) in [5.74, 6) is -2.00. The van der Waals surface area contributed by atoms with Gasteiger partial charge >= 0.3 is 5.97 Å². The molecule has 0 aliphatic carbocycles. The van der Waals surface area contributed by atoms with Crippen LogP contribution in [0.3, 0.4) is 0 Å². The van der Waals surface area contributed by atoms with Gasteiger partial charge in [0.15, 0.2) is 0 Å². The van der Waals surface area contributed by atoms with Gasteiger partial charge in [-0.25, -0.2) is 0 Å². The fraction of sp³-hybridized carbons (Fsp3) is 0.111. The normalized spacial score (nSPS) is 12.5. The Hall–Kier alpha value is -9.16. The lowest BCUT2D eigenvalue weighted by Gasteiger charge is -2.12. The maximum absolute atomic E-state index is 12.3. The Kier molecular flexibility index (Phi) is 17.8. The number of phenols is 2. The van der Waals surface area contributed by atoms with E-state index in [2.05, 4.69) is 71.8 Å². The molecule has 0 saturated heterocycles. The first-order chi connectivity index (χ1) is 37.3. The molecule has 0 unspecified atom stereocenters. The zero-order valence-electron chi connectivity index (χ0n) is 39.9. The third-order valence-corrected chi connectivity index (χ3v) is 13.8. The molecule has 0 fully saturated rings. The minimum absolute atomic E-state index is 0.0118. The first-order valence-corrected chi connectivity index (χ1v) is 28.0. The van der Waals surface area contributed by atoms with Crippen LogP contribution in [0.25, 0.3) is 0 Å². The second-order valence-electron chi connectivity index (χ2n) is 16.1. The smallest absolute Gasteiger partial charge is 0.303 e. The number of aromatic nitrogens is 3. The van der Waals surface area contributed by atoms with Crippen LogP contribution in [0.2, 0.25) is 0 Å². The van der Waals surface area contributed by atoms with Gasteiger partial charge in [0.2, 0.25) is 17.8 Å². The standard InChI is InChI=1S/C45H40N14O16S4/c60-38-22-28(9-17-34(38)56-58-36-19-11-30(24-40(36)78(70,71)72)54-52-26-5-13-32(14-6-26)76(64,65)66)47-44-49-43(46-21-3-1-2-4-42(62)63)50-45(51-44)48-29-10-18-35(39(61)23-29)57-59-37-20-12-31(25-41(37)79(73,74)75)55-53-27-7-15-33(16-8-27)77(67,68)69/h5-20,22-25,60-61H,1-4,21H2,(H,62,63)(H,64,65,66)(H,67,68,69)(H,70,71,72)(H,73,74,75)(H3,46,47,48,49,50,51). The Balaban J connectivity index is 1.07. The lowest BCUT2D eigenvalue weighted by atomic mass is 10.2. The van der Waals surface area contributed by atoms with Gasteiger partial charge in [0.05, 0.1) is 32.5 Å². The zero-order valence-corrected chi connectivity index (χ0v) is 43.2. The van der Waals surface area contributed by atoms with Crippen LogP contribution < -0.4 is 16.0 Å². The maximum atomic E-state index is 12.3. The predicted molar refractivity (Wildman–Crippen MR) is 279 cm³/mol. The van der Waals surface area contributed by atoms with Crippen molar-refractivity contribution in [2.45, 2.75) is 45.3 Å². The molecule has 0 amide bonds. The van der Waals surface area contributed by atoms with E-state index in [1.165, 1.54) is 72.8 Å². The van der Waals surface area contributed by atoms with Crippen molar-refractivity contribution in [2.24, 2.45) is 40.9 Å². The summed E-state index contributed by atoms with van der Waals surface area (Å²) in [5.41, 5.74) is -0.472. The summed E-state index contributed by atoms with van der Waals surface area (Å²) in [7, 11) is -18.8. The third kappa shape index (κ3) is 16.7. The Bertz CT molecular complexity index is 3800. The molecule has 410 valence electrons. The summed E-state index contributed by atoms with van der Waals surface area (Å²) in [6, 6.07) is 23.9. The van der Waals surface area contributed by atoms with E-state index in [-0.39, 0.29) is 90.9 Å². The number of benzene rings is 6. The number of rotatable bonds is 23. The van der Waals surface area contributed by atoms with E-state index in [4.69, 9.17) is 14.2 Å². The van der Waals surface area contributed by atoms with Crippen LogP contribution in [0, 0.1) is 0 Å². The van der Waals surface area contributed by atoms with Crippen molar-refractivity contribution in [3.63, 3.8) is 0 Å². The third-order valence-electron chi connectivity index (χ3n) is 10.3. The van der Waals surface area contributed by atoms with Crippen molar-refractivity contribution in [2.75, 3.05) is 22.5 Å². The van der Waals surface area contributed by atoms with Crippen LogP contribution in [0.4, 0.5) is 74.7 Å². The number of aliphatic carboxylic acids is 1. The van der Waals surface area contributed by atoms with E-state index in [0.29, 0.717) is 25.8 Å². The number of hydrogen-bond acceptors (Lipinski definition) is 25. The molecule has 7 rings (SSSR count). The molecule has 0 radical (unpaired) electrons. The first kappa shape index (κ1) is 57.5. The topological polar surface area (TPSA) is 469 Å². The number of azo groups is 4. The summed E-state index contributed by atoms with van der Waals surface area (Å²) >= 11 is 0. The Morgan fingerprint density at radius 2 is 0.785 bits per heavy atom. The van der Waals surface area contributed by atoms with Crippen molar-refractivity contribution in [3.8, 4) is 11.5 Å². The predicted octanol–water partition coefficient (Wildman–Crippen LogP) is 10.5. The Morgan fingerprint density at radius 3 is 1.16 bits per heavy atom. The number of anilines is 5. The average Bonchev–Trinajstić information content (AvgIpc) is 3.40. The average molecular weight is 1160 g/mol. The van der Waals surface area contributed by atoms with Crippen molar-refractivity contribution >= 4 is 121 Å². The number of nitrogens with zero attached hydrogens (tertiary/aromatic N) is 11. The summed E-state index contributed by atoms with van der Waals surface area (Å²) in [5, 5.41) is 70.9. The molecular formula is C45H40N14O16S4. The van der Waals surface area contributed by atoms with Gasteiger partial charge in [-0.05, 0) is 122 Å². The van der Waals surface area contributed by atoms with Crippen LogP contribution >= 0.6 is 0 Å². The van der Waals surface area contributed by atoms with Crippen molar-refractivity contribution < 1.29 is 72.0 Å². The molecule has 0 aliphatic rings. The Morgan fingerprint density at radius 1 is 0.418 bits per heavy atom. The summed E-state index contributed by atoms with van der Waals surface area (Å²) in [4.78, 5) is 21.9. The van der Waals surface area contributed by atoms with Crippen LogP contribution in [-0.2, 0) is 45.3 Å². The van der Waals surface area contributed by atoms with E-state index in [1.54, 1.807) is 0 Å². The van der Waals surface area contributed by atoms with Crippen LogP contribution in [-0.4, -0.2) is 94.7 Å². The highest BCUT2D eigenvalue weighted by Gasteiger charge is 2.20. The van der Waals surface area contributed by atoms with Gasteiger partial charge in [0.25, 0.3) is 40.5 Å². The molecule has 1 aromatic heterocycles. The molecule has 1 heterocycles. The van der Waals surface area contributed by atoms with E-state index in [0.717, 1.165) is 48.5 Å². The van der Waals surface area contributed by atoms with Crippen LogP contribution in [0.5, 0.6) is 11.5 Å². The molecule has 0 atom stereocenters. The number of hydrogen-bond donors (Lipinski definition) is 10. The summed E-state index contributed by atoms with van der Waals surface area (Å²) in [6.07, 6.45) is 1.53. The quantitative estimate of drug-likeness (QED) is 0.0162. The highest BCUT2D eigenvalue weighted by Crippen LogP contribution is 2.37. The number of carbonyl (C=O) groups is 1. The van der Waals surface area contributed by atoms with Gasteiger partial charge in [0.1, 0.15) is 44.0 Å². The van der Waals surface area contributed by atoms with Crippen LogP contribution in [0.15, 0.2) is 182 Å². The number of unbranched alkanes of at least 4 members (excludes halogenated alkanes) is 2. The summed E-state index contributed by atoms with van der Waals surface area (Å²) < 4.78 is 133. The molecule has 0 spiro atoms. The minimum atomic E-state index is -4.93. The lowest BCUT2D eigenvalue weighted by molar-refractivity contribution is -0.137. The van der Waals surface area contributed by atoms with Gasteiger partial charge in [-0.3, -0.25) is 23.0 Å². The minimum Gasteiger partial charge on any atom is -0.506 e. The SMILES string of the molecule is O=C(O)CCCCCNc1nc(Nc2ccc(N=Nc3ccc(N=Nc4ccc(S(=O)(=O)O)cc4)cc3S(=O)(=O)O)c(O)c2)nc(Nc2ccc(N=Nc3ccc(N=Nc4ccc(S(=O)(=O)O)cc4)cc3S(=O)(=O)O)c(O)c2)n1. The van der Waals surface area contributed by atoms with Crippen LogP contribution in [0.1, 0.15) is 25.7 Å². The molecule has 6 aromatic carbocycles. The molecule has 0 aliphatic heterocycles. The zero-order chi connectivity index (χ0) is 57.1. The van der Waals surface area contributed by atoms with E-state index < -0.39 is 67.7 Å². The van der Waals surface area contributed by atoms with Crippen molar-refractivity contribution in [1.82, 2.24) is 15.0 Å². The number of aromatic hydroxyl groups is 2. The molecule has 0 saturated carbocycles. The van der Waals surface area contributed by atoms with Crippen molar-refractivity contribution in [1.29, 1.82) is 0 Å². The molecule has 34 heteroatoms. The lowest BCUT2D eigenvalue weighted by Crippen LogP contribution is -2.10. The van der Waals surface area contributed by atoms with Gasteiger partial charge in [0, 0.05) is 36.5 Å². The molecule has 0 bridgehead atoms. The second kappa shape index (κ2) is 24.4. The Labute approximate surface area is 447 Å². The van der Waals surface area contributed by atoms with Gasteiger partial charge < -0.3 is 31.3 Å². The molecule has 10 N–H and O–H groups in total. The highest BCUT2D eigenvalue weighted by molar-refractivity contribution is 7.86. The highest BCUT2D eigenvalue weighted by atomic mass is 32.2. The fourth-order valence-electron chi connectivity index (χ4n) is 6.50. The molecule has 7 aromatic rings. The van der Waals surface area contributed by atoms with Crippen molar-refractivity contribution in [3.05, 3.63) is 121 Å². The second-order valence-corrected chi connectivity index (χ2v) is 21.7. The van der Waals surface area contributed by atoms with Gasteiger partial charge in [-0.1, -0.05) is 6.42 Å². The number of carboxylic acid groups (broad SMARTS) is 1. The largest absolute Gasteiger partial charge is 0.506 e. The maximum Gasteiger partial charge on any atom is 0.303 e. The van der Waals surface area contributed by atoms with E-state index >= 15 is 0 Å². The van der Waals surface area contributed by atoms with E-state index in [1.807, 2.05) is 0 Å². The van der Waals surface area contributed by atoms with Gasteiger partial charge in [-0.2, -0.15) is 69.1 Å². The van der Waals surface area contributed by atoms with E-state index in [9.17, 15) is 57.8 Å². The number of nitrogens with one attached hydrogen (secondary N) is 3.